The Balaban J connectivity index is 1.65. The van der Waals surface area contributed by atoms with Crippen LogP contribution in [-0.2, 0) is 19.3 Å². The van der Waals surface area contributed by atoms with Crippen LogP contribution < -0.4 is 10.2 Å². The molecule has 1 aliphatic rings. The number of benzene rings is 2. The second-order valence-corrected chi connectivity index (χ2v) is 7.90. The van der Waals surface area contributed by atoms with E-state index >= 15 is 0 Å². The molecule has 0 saturated heterocycles. The lowest BCUT2D eigenvalue weighted by molar-refractivity contribution is -0.141. The first-order valence-electron chi connectivity index (χ1n) is 10.4. The van der Waals surface area contributed by atoms with Crippen molar-refractivity contribution >= 4 is 17.7 Å². The highest BCUT2D eigenvalue weighted by molar-refractivity contribution is 6.01. The number of nitrogens with one attached hydrogen (secondary N) is 1. The van der Waals surface area contributed by atoms with E-state index in [-0.39, 0.29) is 36.6 Å². The topological polar surface area (TPSA) is 87.5 Å². The third-order valence-corrected chi connectivity index (χ3v) is 5.63. The van der Waals surface area contributed by atoms with Crippen molar-refractivity contribution in [1.29, 1.82) is 0 Å². The smallest absolute Gasteiger partial charge is 0.436 e. The average molecular weight is 476 g/mol. The molecule has 178 valence electrons. The van der Waals surface area contributed by atoms with Crippen molar-refractivity contribution in [2.45, 2.75) is 32.2 Å². The standard InChI is InChI=1S/C23H20F4N4O3/c1-13(14-6-8-15(9-7-14)22(33)34)28-20(32)18-19(23(25,26)27)29-31-11-10-30(21(18)31)12-16-4-2-3-5-17(16)24/h2-9,13H,10-12H2,1H3,(H,28,32)(H,33,34). The van der Waals surface area contributed by atoms with Crippen molar-refractivity contribution in [1.82, 2.24) is 15.1 Å². The lowest BCUT2D eigenvalue weighted by atomic mass is 10.1. The van der Waals surface area contributed by atoms with Gasteiger partial charge in [0.05, 0.1) is 18.2 Å². The number of fused-ring (bicyclic) bond motifs is 1. The zero-order valence-corrected chi connectivity index (χ0v) is 17.9. The number of carbonyl (C=O) groups excluding carboxylic acids is 1. The fourth-order valence-corrected chi connectivity index (χ4v) is 3.91. The van der Waals surface area contributed by atoms with E-state index in [0.29, 0.717) is 5.56 Å². The van der Waals surface area contributed by atoms with E-state index in [1.807, 2.05) is 0 Å². The third-order valence-electron chi connectivity index (χ3n) is 5.63. The van der Waals surface area contributed by atoms with E-state index < -0.39 is 41.2 Å². The molecule has 0 bridgehead atoms. The van der Waals surface area contributed by atoms with Crippen LogP contribution in [0.5, 0.6) is 0 Å². The molecule has 0 aliphatic carbocycles. The zero-order valence-electron chi connectivity index (χ0n) is 17.9. The highest BCUT2D eigenvalue weighted by Crippen LogP contribution is 2.38. The van der Waals surface area contributed by atoms with Gasteiger partial charge in [0.1, 0.15) is 17.2 Å². The van der Waals surface area contributed by atoms with Crippen LogP contribution in [-0.4, -0.2) is 33.3 Å². The van der Waals surface area contributed by atoms with Gasteiger partial charge >= 0.3 is 12.1 Å². The maximum atomic E-state index is 14.2. The molecule has 0 spiro atoms. The summed E-state index contributed by atoms with van der Waals surface area (Å²) >= 11 is 0. The summed E-state index contributed by atoms with van der Waals surface area (Å²) in [6, 6.07) is 10.8. The summed E-state index contributed by atoms with van der Waals surface area (Å²) in [4.78, 5) is 25.6. The third kappa shape index (κ3) is 4.45. The van der Waals surface area contributed by atoms with Gasteiger partial charge in [0.25, 0.3) is 5.91 Å². The van der Waals surface area contributed by atoms with Crippen molar-refractivity contribution < 1.29 is 32.3 Å². The van der Waals surface area contributed by atoms with Gasteiger partial charge in [0, 0.05) is 18.7 Å². The van der Waals surface area contributed by atoms with Crippen LogP contribution in [0.25, 0.3) is 0 Å². The summed E-state index contributed by atoms with van der Waals surface area (Å²) in [7, 11) is 0. The number of carbonyl (C=O) groups is 2. The molecule has 1 unspecified atom stereocenters. The van der Waals surface area contributed by atoms with E-state index in [1.54, 1.807) is 13.0 Å². The molecule has 0 radical (unpaired) electrons. The molecule has 0 fully saturated rings. The summed E-state index contributed by atoms with van der Waals surface area (Å²) in [6.07, 6.45) is -4.87. The van der Waals surface area contributed by atoms with Crippen molar-refractivity contribution in [3.8, 4) is 0 Å². The van der Waals surface area contributed by atoms with Crippen molar-refractivity contribution in [2.75, 3.05) is 11.4 Å². The number of halogens is 4. The van der Waals surface area contributed by atoms with Gasteiger partial charge in [-0.2, -0.15) is 18.3 Å². The largest absolute Gasteiger partial charge is 0.478 e. The van der Waals surface area contributed by atoms with E-state index in [1.165, 1.54) is 47.4 Å². The molecule has 4 rings (SSSR count). The number of carboxylic acids is 1. The Bertz CT molecular complexity index is 1240. The molecule has 1 aliphatic heterocycles. The first-order valence-corrected chi connectivity index (χ1v) is 10.4. The summed E-state index contributed by atoms with van der Waals surface area (Å²) in [5, 5.41) is 15.2. The fraction of sp³-hybridized carbons (Fsp3) is 0.261. The summed E-state index contributed by atoms with van der Waals surface area (Å²) < 4.78 is 56.6. The minimum absolute atomic E-state index is 0.0256. The number of amides is 1. The van der Waals surface area contributed by atoms with Gasteiger partial charge in [0.2, 0.25) is 0 Å². The number of aromatic nitrogens is 2. The van der Waals surface area contributed by atoms with Crippen LogP contribution in [0, 0.1) is 5.82 Å². The van der Waals surface area contributed by atoms with Gasteiger partial charge < -0.3 is 15.3 Å². The molecule has 34 heavy (non-hydrogen) atoms. The van der Waals surface area contributed by atoms with Crippen molar-refractivity contribution in [3.05, 3.63) is 82.3 Å². The van der Waals surface area contributed by atoms with Gasteiger partial charge in [-0.05, 0) is 30.7 Å². The average Bonchev–Trinajstić information content (AvgIpc) is 3.35. The van der Waals surface area contributed by atoms with Crippen LogP contribution in [0.3, 0.4) is 0 Å². The molecular weight excluding hydrogens is 456 g/mol. The number of anilines is 1. The van der Waals surface area contributed by atoms with Crippen LogP contribution in [0.2, 0.25) is 0 Å². The molecule has 2 aromatic carbocycles. The Kier molecular flexibility index (Phi) is 6.03. The molecule has 1 atom stereocenters. The van der Waals surface area contributed by atoms with Crippen LogP contribution in [0.1, 0.15) is 50.5 Å². The number of rotatable bonds is 6. The van der Waals surface area contributed by atoms with E-state index in [4.69, 9.17) is 5.11 Å². The highest BCUT2D eigenvalue weighted by atomic mass is 19.4. The van der Waals surface area contributed by atoms with Crippen LogP contribution >= 0.6 is 0 Å². The maximum Gasteiger partial charge on any atom is 0.436 e. The monoisotopic (exact) mass is 476 g/mol. The Morgan fingerprint density at radius 2 is 1.79 bits per heavy atom. The molecule has 0 saturated carbocycles. The normalized spacial score (nSPS) is 14.1. The highest BCUT2D eigenvalue weighted by Gasteiger charge is 2.44. The summed E-state index contributed by atoms with van der Waals surface area (Å²) in [5.41, 5.74) is -1.11. The van der Waals surface area contributed by atoms with Gasteiger partial charge in [-0.25, -0.2) is 13.9 Å². The quantitative estimate of drug-likeness (QED) is 0.520. The molecule has 11 heteroatoms. The van der Waals surface area contributed by atoms with E-state index in [0.717, 1.165) is 4.68 Å². The van der Waals surface area contributed by atoms with Gasteiger partial charge in [-0.3, -0.25) is 4.79 Å². The van der Waals surface area contributed by atoms with Gasteiger partial charge in [-0.1, -0.05) is 30.3 Å². The van der Waals surface area contributed by atoms with Crippen molar-refractivity contribution in [2.24, 2.45) is 0 Å². The molecule has 1 aromatic heterocycles. The number of alkyl halides is 3. The number of hydrogen-bond donors (Lipinski definition) is 2. The molecule has 7 nitrogen and oxygen atoms in total. The molecule has 2 heterocycles. The Morgan fingerprint density at radius 1 is 1.12 bits per heavy atom. The first-order chi connectivity index (χ1) is 16.1. The minimum atomic E-state index is -4.87. The number of hydrogen-bond acceptors (Lipinski definition) is 4. The predicted octanol–water partition coefficient (Wildman–Crippen LogP) is 4.25. The lowest BCUT2D eigenvalue weighted by Crippen LogP contribution is -2.31. The zero-order chi connectivity index (χ0) is 24.6. The van der Waals surface area contributed by atoms with Crippen molar-refractivity contribution in [3.63, 3.8) is 0 Å². The Morgan fingerprint density at radius 3 is 2.41 bits per heavy atom. The molecule has 1 amide bonds. The SMILES string of the molecule is CC(NC(=O)c1c(C(F)(F)F)nn2c1N(Cc1ccccc1F)CC2)c1ccc(C(=O)O)cc1. The predicted molar refractivity (Wildman–Crippen MR) is 114 cm³/mol. The molecular formula is C23H20F4N4O3. The molecule has 3 aromatic rings. The van der Waals surface area contributed by atoms with Crippen LogP contribution in [0.4, 0.5) is 23.4 Å². The Hall–Kier alpha value is -3.89. The number of carboxylic acid groups (broad SMARTS) is 1. The van der Waals surface area contributed by atoms with E-state index in [9.17, 15) is 27.2 Å². The number of aromatic carboxylic acids is 1. The van der Waals surface area contributed by atoms with Gasteiger partial charge in [0.15, 0.2) is 5.69 Å². The Labute approximate surface area is 191 Å². The second-order valence-electron chi connectivity index (χ2n) is 7.90. The first kappa shape index (κ1) is 23.3. The summed E-state index contributed by atoms with van der Waals surface area (Å²) in [6.45, 7) is 1.93. The molecule has 2 N–H and O–H groups in total. The number of nitrogens with zero attached hydrogens (tertiary/aromatic N) is 3. The maximum absolute atomic E-state index is 14.2. The lowest BCUT2D eigenvalue weighted by Gasteiger charge is -2.21. The van der Waals surface area contributed by atoms with Gasteiger partial charge in [-0.15, -0.1) is 0 Å². The van der Waals surface area contributed by atoms with E-state index in [2.05, 4.69) is 10.4 Å². The summed E-state index contributed by atoms with van der Waals surface area (Å²) in [5.74, 6) is -2.63. The fourth-order valence-electron chi connectivity index (χ4n) is 3.91. The second kappa shape index (κ2) is 8.81. The van der Waals surface area contributed by atoms with Crippen LogP contribution in [0.15, 0.2) is 48.5 Å². The minimum Gasteiger partial charge on any atom is -0.478 e.